The smallest absolute Gasteiger partial charge is 0.352 e. The van der Waals surface area contributed by atoms with Gasteiger partial charge in [-0.15, -0.1) is 0 Å². The Hall–Kier alpha value is -1.52. The molecule has 12 heavy (non-hydrogen) atoms. The summed E-state index contributed by atoms with van der Waals surface area (Å²) in [5.41, 5.74) is 6.15. The first-order chi connectivity index (χ1) is 5.70. The van der Waals surface area contributed by atoms with E-state index in [9.17, 15) is 4.79 Å². The van der Waals surface area contributed by atoms with Crippen LogP contribution in [0.15, 0.2) is 4.79 Å². The average Bonchev–Trinajstić information content (AvgIpc) is 2.48. The molecule has 5 heteroatoms. The first kappa shape index (κ1) is 7.15. The summed E-state index contributed by atoms with van der Waals surface area (Å²) in [7, 11) is 1.60. The van der Waals surface area contributed by atoms with Crippen LogP contribution in [-0.4, -0.2) is 16.2 Å². The number of fused-ring (bicyclic) bond motifs is 1. The maximum absolute atomic E-state index is 11.1. The Labute approximate surface area is 68.8 Å². The number of rotatable bonds is 0. The molecule has 0 aromatic carbocycles. The van der Waals surface area contributed by atoms with Gasteiger partial charge >= 0.3 is 5.69 Å². The Bertz CT molecular complexity index is 383. The molecule has 0 unspecified atom stereocenters. The van der Waals surface area contributed by atoms with E-state index < -0.39 is 0 Å². The minimum Gasteiger partial charge on any atom is -0.477 e. The second-order valence-corrected chi connectivity index (χ2v) is 2.72. The van der Waals surface area contributed by atoms with E-state index in [0.29, 0.717) is 18.3 Å². The zero-order valence-electron chi connectivity index (χ0n) is 6.70. The third-order valence-corrected chi connectivity index (χ3v) is 2.00. The van der Waals surface area contributed by atoms with Crippen molar-refractivity contribution < 1.29 is 4.74 Å². The molecule has 0 radical (unpaired) electrons. The van der Waals surface area contributed by atoms with Gasteiger partial charge in [0, 0.05) is 13.5 Å². The summed E-state index contributed by atoms with van der Waals surface area (Å²) in [5, 5.41) is 0. The van der Waals surface area contributed by atoms with Crippen LogP contribution < -0.4 is 16.2 Å². The van der Waals surface area contributed by atoms with Crippen LogP contribution in [0, 0.1) is 0 Å². The van der Waals surface area contributed by atoms with Gasteiger partial charge in [0.15, 0.2) is 0 Å². The second-order valence-electron chi connectivity index (χ2n) is 2.72. The molecule has 64 valence electrons. The number of aromatic nitrogens is 2. The monoisotopic (exact) mass is 167 g/mol. The lowest BCUT2D eigenvalue weighted by Gasteiger charge is -2.04. The number of nitrogens with zero attached hydrogens (tertiary/aromatic N) is 2. The molecular weight excluding hydrogens is 158 g/mol. The Balaban J connectivity index is 2.76. The van der Waals surface area contributed by atoms with Crippen LogP contribution >= 0.6 is 0 Å². The lowest BCUT2D eigenvalue weighted by molar-refractivity contribution is 0.343. The topological polar surface area (TPSA) is 70.1 Å². The van der Waals surface area contributed by atoms with Crippen molar-refractivity contribution in [3.05, 3.63) is 16.0 Å². The molecule has 0 aliphatic carbocycles. The van der Waals surface area contributed by atoms with Gasteiger partial charge in [-0.1, -0.05) is 0 Å². The lowest BCUT2D eigenvalue weighted by atomic mass is 10.2. The molecule has 1 aromatic heterocycles. The van der Waals surface area contributed by atoms with Crippen LogP contribution in [0.25, 0.3) is 0 Å². The van der Waals surface area contributed by atoms with E-state index in [0.717, 1.165) is 12.0 Å². The molecule has 0 bridgehead atoms. The highest BCUT2D eigenvalue weighted by Gasteiger charge is 2.19. The summed E-state index contributed by atoms with van der Waals surface area (Å²) in [4.78, 5) is 14.8. The van der Waals surface area contributed by atoms with E-state index in [-0.39, 0.29) is 5.69 Å². The van der Waals surface area contributed by atoms with Crippen molar-refractivity contribution in [1.29, 1.82) is 0 Å². The fraction of sp³-hybridized carbons (Fsp3) is 0.429. The standard InChI is InChI=1S/C7H9N3O2/c1-10-5(8)4-2-3-12-6(4)9-7(10)11/h2-3,8H2,1H3. The Morgan fingerprint density at radius 1 is 1.67 bits per heavy atom. The summed E-state index contributed by atoms with van der Waals surface area (Å²) < 4.78 is 6.44. The Morgan fingerprint density at radius 3 is 3.17 bits per heavy atom. The number of hydrogen-bond donors (Lipinski definition) is 1. The van der Waals surface area contributed by atoms with Crippen LogP contribution in [0.4, 0.5) is 5.82 Å². The van der Waals surface area contributed by atoms with Crippen LogP contribution in [0.2, 0.25) is 0 Å². The predicted octanol–water partition coefficient (Wildman–Crippen LogP) is -0.703. The van der Waals surface area contributed by atoms with Gasteiger partial charge in [0.05, 0.1) is 12.2 Å². The highest BCUT2D eigenvalue weighted by molar-refractivity contribution is 5.47. The maximum atomic E-state index is 11.1. The van der Waals surface area contributed by atoms with Crippen molar-refractivity contribution in [2.75, 3.05) is 12.3 Å². The summed E-state index contributed by atoms with van der Waals surface area (Å²) in [6, 6.07) is 0. The molecule has 0 atom stereocenters. The fourth-order valence-electron chi connectivity index (χ4n) is 1.25. The minimum absolute atomic E-state index is 0.367. The van der Waals surface area contributed by atoms with Crippen LogP contribution in [0.1, 0.15) is 5.56 Å². The molecule has 0 spiro atoms. The first-order valence-electron chi connectivity index (χ1n) is 3.68. The number of hydrogen-bond acceptors (Lipinski definition) is 4. The molecule has 1 aromatic rings. The number of anilines is 1. The van der Waals surface area contributed by atoms with Gasteiger partial charge in [-0.2, -0.15) is 4.98 Å². The van der Waals surface area contributed by atoms with E-state index in [1.165, 1.54) is 4.57 Å². The number of nitrogen functional groups attached to an aromatic ring is 1. The van der Waals surface area contributed by atoms with Crippen LogP contribution in [-0.2, 0) is 13.5 Å². The van der Waals surface area contributed by atoms with Crippen molar-refractivity contribution in [1.82, 2.24) is 9.55 Å². The summed E-state index contributed by atoms with van der Waals surface area (Å²) in [6.45, 7) is 0.565. The van der Waals surface area contributed by atoms with E-state index in [4.69, 9.17) is 10.5 Å². The summed E-state index contributed by atoms with van der Waals surface area (Å²) in [6.07, 6.45) is 0.738. The van der Waals surface area contributed by atoms with Crippen molar-refractivity contribution >= 4 is 5.82 Å². The van der Waals surface area contributed by atoms with Gasteiger partial charge in [0.1, 0.15) is 5.82 Å². The van der Waals surface area contributed by atoms with Crippen molar-refractivity contribution in [2.45, 2.75) is 6.42 Å². The zero-order chi connectivity index (χ0) is 8.72. The molecule has 0 saturated heterocycles. The van der Waals surface area contributed by atoms with Gasteiger partial charge in [-0.25, -0.2) is 4.79 Å². The van der Waals surface area contributed by atoms with Gasteiger partial charge < -0.3 is 10.5 Å². The first-order valence-corrected chi connectivity index (χ1v) is 3.68. The van der Waals surface area contributed by atoms with Crippen molar-refractivity contribution in [2.24, 2.45) is 7.05 Å². The van der Waals surface area contributed by atoms with Crippen molar-refractivity contribution in [3.8, 4) is 5.88 Å². The molecule has 0 fully saturated rings. The third kappa shape index (κ3) is 0.792. The largest absolute Gasteiger partial charge is 0.477 e. The highest BCUT2D eigenvalue weighted by atomic mass is 16.5. The van der Waals surface area contributed by atoms with Gasteiger partial charge in [-0.05, 0) is 0 Å². The van der Waals surface area contributed by atoms with Crippen molar-refractivity contribution in [3.63, 3.8) is 0 Å². The fourth-order valence-corrected chi connectivity index (χ4v) is 1.25. The second kappa shape index (κ2) is 2.23. The van der Waals surface area contributed by atoms with Crippen LogP contribution in [0.3, 0.4) is 0 Å². The van der Waals surface area contributed by atoms with E-state index >= 15 is 0 Å². The molecule has 2 N–H and O–H groups in total. The summed E-state index contributed by atoms with van der Waals surface area (Å²) in [5.74, 6) is 0.859. The lowest BCUT2D eigenvalue weighted by Crippen LogP contribution is -2.23. The number of ether oxygens (including phenoxy) is 1. The van der Waals surface area contributed by atoms with Gasteiger partial charge in [0.2, 0.25) is 5.88 Å². The van der Waals surface area contributed by atoms with Gasteiger partial charge in [-0.3, -0.25) is 4.57 Å². The summed E-state index contributed by atoms with van der Waals surface area (Å²) >= 11 is 0. The molecule has 1 aliphatic rings. The molecule has 1 aliphatic heterocycles. The highest BCUT2D eigenvalue weighted by Crippen LogP contribution is 2.24. The average molecular weight is 167 g/mol. The van der Waals surface area contributed by atoms with E-state index in [1.54, 1.807) is 7.05 Å². The van der Waals surface area contributed by atoms with E-state index in [2.05, 4.69) is 4.98 Å². The minimum atomic E-state index is -0.367. The Morgan fingerprint density at radius 2 is 2.42 bits per heavy atom. The van der Waals surface area contributed by atoms with Crippen LogP contribution in [0.5, 0.6) is 5.88 Å². The quantitative estimate of drug-likeness (QED) is 0.554. The molecule has 0 saturated carbocycles. The van der Waals surface area contributed by atoms with E-state index in [1.807, 2.05) is 0 Å². The SMILES string of the molecule is Cn1c(N)c2c(nc1=O)OCC2. The Kier molecular flexibility index (Phi) is 1.33. The zero-order valence-corrected chi connectivity index (χ0v) is 6.70. The predicted molar refractivity (Wildman–Crippen MR) is 43.1 cm³/mol. The molecule has 0 amide bonds. The van der Waals surface area contributed by atoms with Gasteiger partial charge in [0.25, 0.3) is 0 Å². The third-order valence-electron chi connectivity index (χ3n) is 2.00. The number of nitrogens with two attached hydrogens (primary N) is 1. The molecule has 5 nitrogen and oxygen atoms in total. The molecule has 2 heterocycles. The normalized spacial score (nSPS) is 14.1. The molecule has 2 rings (SSSR count). The molecular formula is C7H9N3O2. The maximum Gasteiger partial charge on any atom is 0.352 e.